The molecule has 108 valence electrons. The number of halogens is 1. The summed E-state index contributed by atoms with van der Waals surface area (Å²) in [7, 11) is 0. The van der Waals surface area contributed by atoms with E-state index < -0.39 is 5.97 Å². The van der Waals surface area contributed by atoms with Gasteiger partial charge in [-0.1, -0.05) is 29.8 Å². The second-order valence-electron chi connectivity index (χ2n) is 4.47. The van der Waals surface area contributed by atoms with Crippen molar-refractivity contribution in [2.75, 3.05) is 5.32 Å². The Balaban J connectivity index is 1.99. The van der Waals surface area contributed by atoms with Crippen molar-refractivity contribution in [1.29, 1.82) is 0 Å². The van der Waals surface area contributed by atoms with Crippen molar-refractivity contribution in [3.63, 3.8) is 0 Å². The fraction of sp³-hybridized carbons (Fsp3) is 0.125. The Morgan fingerprint density at radius 1 is 1.14 bits per heavy atom. The third-order valence-electron chi connectivity index (χ3n) is 2.66. The van der Waals surface area contributed by atoms with Gasteiger partial charge in [0.15, 0.2) is 0 Å². The van der Waals surface area contributed by atoms with Crippen molar-refractivity contribution < 1.29 is 14.3 Å². The maximum Gasteiger partial charge on any atom is 0.308 e. The Bertz CT molecular complexity index is 653. The molecule has 0 atom stereocenters. The normalized spacial score (nSPS) is 10.0. The molecule has 0 radical (unpaired) electrons. The maximum absolute atomic E-state index is 11.9. The van der Waals surface area contributed by atoms with Crippen molar-refractivity contribution in [3.8, 4) is 5.75 Å². The van der Waals surface area contributed by atoms with Crippen LogP contribution in [0.25, 0.3) is 0 Å². The summed E-state index contributed by atoms with van der Waals surface area (Å²) in [6.07, 6.45) is 0.245. The third-order valence-corrected chi connectivity index (χ3v) is 2.91. The lowest BCUT2D eigenvalue weighted by molar-refractivity contribution is -0.131. The first kappa shape index (κ1) is 15.1. The largest absolute Gasteiger partial charge is 0.427 e. The van der Waals surface area contributed by atoms with Crippen LogP contribution in [0, 0.1) is 0 Å². The Labute approximate surface area is 127 Å². The number of carbonyl (C=O) groups is 2. The Morgan fingerprint density at radius 2 is 1.86 bits per heavy atom. The summed E-state index contributed by atoms with van der Waals surface area (Å²) in [5.74, 6) is -0.163. The summed E-state index contributed by atoms with van der Waals surface area (Å²) >= 11 is 5.79. The van der Waals surface area contributed by atoms with E-state index in [4.69, 9.17) is 16.3 Å². The van der Waals surface area contributed by atoms with Gasteiger partial charge in [-0.05, 0) is 29.8 Å². The molecule has 1 amide bonds. The van der Waals surface area contributed by atoms with Crippen molar-refractivity contribution >= 4 is 29.2 Å². The number of rotatable bonds is 4. The van der Waals surface area contributed by atoms with Gasteiger partial charge < -0.3 is 10.1 Å². The lowest BCUT2D eigenvalue weighted by atomic mass is 10.1. The van der Waals surface area contributed by atoms with Crippen molar-refractivity contribution in [1.82, 2.24) is 0 Å². The van der Waals surface area contributed by atoms with E-state index in [1.54, 1.807) is 48.5 Å². The minimum absolute atomic E-state index is 0.155. The number of anilines is 1. The monoisotopic (exact) mass is 303 g/mol. The van der Waals surface area contributed by atoms with E-state index in [2.05, 4.69) is 5.32 Å². The van der Waals surface area contributed by atoms with E-state index in [1.165, 1.54) is 6.92 Å². The first-order valence-electron chi connectivity index (χ1n) is 6.36. The van der Waals surface area contributed by atoms with Crippen LogP contribution < -0.4 is 10.1 Å². The molecule has 0 aliphatic rings. The van der Waals surface area contributed by atoms with Crippen LogP contribution in [0.15, 0.2) is 48.5 Å². The lowest BCUT2D eigenvalue weighted by Gasteiger charge is -2.07. The van der Waals surface area contributed by atoms with Crippen molar-refractivity contribution in [3.05, 3.63) is 59.1 Å². The first-order chi connectivity index (χ1) is 10.0. The Morgan fingerprint density at radius 3 is 2.52 bits per heavy atom. The standard InChI is InChI=1S/C16H14ClNO3/c1-11(19)21-15-4-2-3-14(10-15)18-16(20)9-12-5-7-13(17)8-6-12/h2-8,10H,9H2,1H3,(H,18,20). The summed E-state index contributed by atoms with van der Waals surface area (Å²) in [5, 5.41) is 3.39. The molecule has 2 aromatic rings. The smallest absolute Gasteiger partial charge is 0.308 e. The summed E-state index contributed by atoms with van der Waals surface area (Å²) in [6.45, 7) is 1.33. The highest BCUT2D eigenvalue weighted by Crippen LogP contribution is 2.18. The Kier molecular flexibility index (Phi) is 4.95. The number of amides is 1. The zero-order chi connectivity index (χ0) is 15.2. The number of benzene rings is 2. The fourth-order valence-electron chi connectivity index (χ4n) is 1.80. The van der Waals surface area contributed by atoms with Crippen LogP contribution in [-0.2, 0) is 16.0 Å². The van der Waals surface area contributed by atoms with Crippen LogP contribution in [0.5, 0.6) is 5.75 Å². The van der Waals surface area contributed by atoms with Crippen molar-refractivity contribution in [2.45, 2.75) is 13.3 Å². The molecule has 0 aliphatic heterocycles. The minimum Gasteiger partial charge on any atom is -0.427 e. The first-order valence-corrected chi connectivity index (χ1v) is 6.73. The number of hydrogen-bond acceptors (Lipinski definition) is 3. The highest BCUT2D eigenvalue weighted by atomic mass is 35.5. The SMILES string of the molecule is CC(=O)Oc1cccc(NC(=O)Cc2ccc(Cl)cc2)c1. The molecular formula is C16H14ClNO3. The van der Waals surface area contributed by atoms with Gasteiger partial charge in [-0.2, -0.15) is 0 Å². The van der Waals surface area contributed by atoms with E-state index in [0.29, 0.717) is 16.5 Å². The summed E-state index contributed by atoms with van der Waals surface area (Å²) in [6, 6.07) is 13.8. The second-order valence-corrected chi connectivity index (χ2v) is 4.91. The van der Waals surface area contributed by atoms with Gasteiger partial charge in [-0.15, -0.1) is 0 Å². The molecule has 0 fully saturated rings. The van der Waals surface area contributed by atoms with Gasteiger partial charge in [0.2, 0.25) is 5.91 Å². The van der Waals surface area contributed by atoms with Crippen LogP contribution >= 0.6 is 11.6 Å². The highest BCUT2D eigenvalue weighted by molar-refractivity contribution is 6.30. The van der Waals surface area contributed by atoms with Gasteiger partial charge in [-0.25, -0.2) is 0 Å². The van der Waals surface area contributed by atoms with E-state index in [0.717, 1.165) is 5.56 Å². The average molecular weight is 304 g/mol. The van der Waals surface area contributed by atoms with Gasteiger partial charge in [0.25, 0.3) is 0 Å². The second kappa shape index (κ2) is 6.90. The molecule has 0 heterocycles. The minimum atomic E-state index is -0.403. The van der Waals surface area contributed by atoms with Crippen LogP contribution in [0.1, 0.15) is 12.5 Å². The van der Waals surface area contributed by atoms with E-state index in [9.17, 15) is 9.59 Å². The zero-order valence-electron chi connectivity index (χ0n) is 11.4. The van der Waals surface area contributed by atoms with Gasteiger partial charge in [0.1, 0.15) is 5.75 Å². The van der Waals surface area contributed by atoms with Crippen LogP contribution in [-0.4, -0.2) is 11.9 Å². The zero-order valence-corrected chi connectivity index (χ0v) is 12.2. The van der Waals surface area contributed by atoms with Gasteiger partial charge >= 0.3 is 5.97 Å². The lowest BCUT2D eigenvalue weighted by Crippen LogP contribution is -2.14. The summed E-state index contributed by atoms with van der Waals surface area (Å²) in [4.78, 5) is 22.8. The summed E-state index contributed by atoms with van der Waals surface area (Å²) in [5.41, 5.74) is 1.45. The van der Waals surface area contributed by atoms with E-state index >= 15 is 0 Å². The molecule has 0 aromatic heterocycles. The highest BCUT2D eigenvalue weighted by Gasteiger charge is 2.06. The molecule has 0 unspecified atom stereocenters. The van der Waals surface area contributed by atoms with E-state index in [1.807, 2.05) is 0 Å². The molecule has 0 saturated heterocycles. The quantitative estimate of drug-likeness (QED) is 0.695. The van der Waals surface area contributed by atoms with Crippen molar-refractivity contribution in [2.24, 2.45) is 0 Å². The third kappa shape index (κ3) is 4.93. The topological polar surface area (TPSA) is 55.4 Å². The predicted molar refractivity (Wildman–Crippen MR) is 81.5 cm³/mol. The number of nitrogens with one attached hydrogen (secondary N) is 1. The maximum atomic E-state index is 11.9. The molecule has 5 heteroatoms. The Hall–Kier alpha value is -2.33. The molecule has 0 spiro atoms. The van der Waals surface area contributed by atoms with Crippen LogP contribution in [0.2, 0.25) is 5.02 Å². The fourth-order valence-corrected chi connectivity index (χ4v) is 1.92. The number of carbonyl (C=O) groups excluding carboxylic acids is 2. The van der Waals surface area contributed by atoms with E-state index in [-0.39, 0.29) is 12.3 Å². The molecule has 4 nitrogen and oxygen atoms in total. The van der Waals surface area contributed by atoms with Gasteiger partial charge in [0, 0.05) is 23.7 Å². The molecular weight excluding hydrogens is 290 g/mol. The number of esters is 1. The van der Waals surface area contributed by atoms with Crippen LogP contribution in [0.4, 0.5) is 5.69 Å². The molecule has 0 aliphatic carbocycles. The molecule has 2 aromatic carbocycles. The molecule has 1 N–H and O–H groups in total. The molecule has 0 saturated carbocycles. The van der Waals surface area contributed by atoms with Gasteiger partial charge in [-0.3, -0.25) is 9.59 Å². The molecule has 21 heavy (non-hydrogen) atoms. The van der Waals surface area contributed by atoms with Crippen LogP contribution in [0.3, 0.4) is 0 Å². The molecule has 2 rings (SSSR count). The number of hydrogen-bond donors (Lipinski definition) is 1. The average Bonchev–Trinajstić information content (AvgIpc) is 2.41. The summed E-state index contributed by atoms with van der Waals surface area (Å²) < 4.78 is 4.96. The van der Waals surface area contributed by atoms with Gasteiger partial charge in [0.05, 0.1) is 6.42 Å². The molecule has 0 bridgehead atoms. The number of ether oxygens (including phenoxy) is 1. The predicted octanol–water partition coefficient (Wildman–Crippen LogP) is 3.45.